The van der Waals surface area contributed by atoms with Crippen LogP contribution < -0.4 is 0 Å². The number of hydrogen-bond donors (Lipinski definition) is 1. The summed E-state index contributed by atoms with van der Waals surface area (Å²) in [6, 6.07) is 0. The highest BCUT2D eigenvalue weighted by Gasteiger charge is 2.28. The van der Waals surface area contributed by atoms with Crippen LogP contribution in [0.3, 0.4) is 0 Å². The second-order valence-electron chi connectivity index (χ2n) is 4.38. The molecule has 0 saturated carbocycles. The lowest BCUT2D eigenvalue weighted by Gasteiger charge is -2.20. The summed E-state index contributed by atoms with van der Waals surface area (Å²) in [5.41, 5.74) is 0. The molecule has 1 aliphatic heterocycles. The predicted octanol–water partition coefficient (Wildman–Crippen LogP) is 2.35. The molecular weight excluding hydrogens is 164 g/mol. The molecule has 1 N–H and O–H groups in total. The van der Waals surface area contributed by atoms with Gasteiger partial charge in [0.15, 0.2) is 0 Å². The molecule has 4 atom stereocenters. The van der Waals surface area contributed by atoms with Gasteiger partial charge in [-0.1, -0.05) is 20.3 Å². The third-order valence-corrected chi connectivity index (χ3v) is 3.03. The van der Waals surface area contributed by atoms with Gasteiger partial charge in [-0.05, 0) is 32.1 Å². The highest BCUT2D eigenvalue weighted by molar-refractivity contribution is 4.78. The van der Waals surface area contributed by atoms with Crippen molar-refractivity contribution in [2.24, 2.45) is 5.92 Å². The Morgan fingerprint density at radius 1 is 1.46 bits per heavy atom. The van der Waals surface area contributed by atoms with Gasteiger partial charge in [-0.15, -0.1) is 0 Å². The zero-order chi connectivity index (χ0) is 9.84. The summed E-state index contributed by atoms with van der Waals surface area (Å²) in [5.74, 6) is 0.606. The molecule has 0 aromatic heterocycles. The van der Waals surface area contributed by atoms with Crippen LogP contribution in [0.2, 0.25) is 0 Å². The second kappa shape index (κ2) is 4.97. The maximum atomic E-state index is 9.84. The molecule has 78 valence electrons. The molecule has 0 bridgehead atoms. The van der Waals surface area contributed by atoms with E-state index >= 15 is 0 Å². The van der Waals surface area contributed by atoms with E-state index in [0.29, 0.717) is 12.0 Å². The molecule has 1 fully saturated rings. The van der Waals surface area contributed by atoms with E-state index in [9.17, 15) is 5.11 Å². The van der Waals surface area contributed by atoms with E-state index in [-0.39, 0.29) is 12.2 Å². The summed E-state index contributed by atoms with van der Waals surface area (Å²) in [6.45, 7) is 6.42. The minimum atomic E-state index is -0.250. The molecule has 2 nitrogen and oxygen atoms in total. The highest BCUT2D eigenvalue weighted by atomic mass is 16.5. The third kappa shape index (κ3) is 3.28. The lowest BCUT2D eigenvalue weighted by molar-refractivity contribution is -0.0367. The molecule has 0 aromatic rings. The molecule has 13 heavy (non-hydrogen) atoms. The van der Waals surface area contributed by atoms with E-state index < -0.39 is 0 Å². The monoisotopic (exact) mass is 186 g/mol. The van der Waals surface area contributed by atoms with Crippen LogP contribution >= 0.6 is 0 Å². The molecule has 1 aliphatic rings. The van der Waals surface area contributed by atoms with Crippen molar-refractivity contribution >= 4 is 0 Å². The maximum Gasteiger partial charge on any atom is 0.0838 e. The van der Waals surface area contributed by atoms with Crippen molar-refractivity contribution in [2.45, 2.75) is 64.8 Å². The van der Waals surface area contributed by atoms with Crippen molar-refractivity contribution in [3.63, 3.8) is 0 Å². The Hall–Kier alpha value is -0.0800. The quantitative estimate of drug-likeness (QED) is 0.730. The van der Waals surface area contributed by atoms with E-state index in [1.807, 2.05) is 0 Å². The fraction of sp³-hybridized carbons (Fsp3) is 1.00. The van der Waals surface area contributed by atoms with Gasteiger partial charge < -0.3 is 9.84 Å². The lowest BCUT2D eigenvalue weighted by Crippen LogP contribution is -2.27. The van der Waals surface area contributed by atoms with Gasteiger partial charge in [0.05, 0.1) is 18.3 Å². The van der Waals surface area contributed by atoms with Crippen LogP contribution in [0.15, 0.2) is 0 Å². The molecule has 0 amide bonds. The van der Waals surface area contributed by atoms with E-state index in [0.717, 1.165) is 25.7 Å². The van der Waals surface area contributed by atoms with Crippen molar-refractivity contribution in [2.75, 3.05) is 0 Å². The topological polar surface area (TPSA) is 29.5 Å². The summed E-state index contributed by atoms with van der Waals surface area (Å²) in [6.07, 6.45) is 4.34. The van der Waals surface area contributed by atoms with Gasteiger partial charge in [-0.2, -0.15) is 0 Å². The van der Waals surface area contributed by atoms with Crippen molar-refractivity contribution in [1.29, 1.82) is 0 Å². The van der Waals surface area contributed by atoms with Gasteiger partial charge >= 0.3 is 0 Å². The average molecular weight is 186 g/mol. The molecule has 0 aromatic carbocycles. The molecule has 0 spiro atoms. The minimum Gasteiger partial charge on any atom is -0.390 e. The largest absolute Gasteiger partial charge is 0.390 e. The van der Waals surface area contributed by atoms with Crippen molar-refractivity contribution in [3.8, 4) is 0 Å². The van der Waals surface area contributed by atoms with Crippen LogP contribution in [-0.2, 0) is 4.74 Å². The van der Waals surface area contributed by atoms with Crippen LogP contribution in [0.25, 0.3) is 0 Å². The first kappa shape index (κ1) is 11.0. The maximum absolute atomic E-state index is 9.84. The average Bonchev–Trinajstić information content (AvgIpc) is 2.51. The molecule has 1 heterocycles. The summed E-state index contributed by atoms with van der Waals surface area (Å²) in [5, 5.41) is 9.84. The smallest absolute Gasteiger partial charge is 0.0838 e. The van der Waals surface area contributed by atoms with Crippen molar-refractivity contribution in [3.05, 3.63) is 0 Å². The van der Waals surface area contributed by atoms with Gasteiger partial charge in [-0.3, -0.25) is 0 Å². The Labute approximate surface area is 81.3 Å². The molecular formula is C11H22O2. The SMILES string of the molecule is CCC(C)CC(O)C1CCC(C)O1. The number of ether oxygens (including phenoxy) is 1. The fourth-order valence-corrected chi connectivity index (χ4v) is 1.85. The molecule has 1 rings (SSSR count). The van der Waals surface area contributed by atoms with Gasteiger partial charge in [0.25, 0.3) is 0 Å². The number of aliphatic hydroxyl groups is 1. The number of rotatable bonds is 4. The van der Waals surface area contributed by atoms with Crippen LogP contribution in [0, 0.1) is 5.92 Å². The van der Waals surface area contributed by atoms with E-state index in [2.05, 4.69) is 20.8 Å². The first-order valence-electron chi connectivity index (χ1n) is 5.47. The zero-order valence-corrected chi connectivity index (χ0v) is 8.99. The Bertz CT molecular complexity index is 147. The van der Waals surface area contributed by atoms with Crippen LogP contribution in [0.1, 0.15) is 46.5 Å². The Kier molecular flexibility index (Phi) is 4.20. The minimum absolute atomic E-state index is 0.101. The summed E-state index contributed by atoms with van der Waals surface area (Å²) in [7, 11) is 0. The summed E-state index contributed by atoms with van der Waals surface area (Å²) < 4.78 is 5.62. The van der Waals surface area contributed by atoms with Crippen molar-refractivity contribution in [1.82, 2.24) is 0 Å². The molecule has 0 aliphatic carbocycles. The lowest BCUT2D eigenvalue weighted by atomic mass is 9.97. The van der Waals surface area contributed by atoms with E-state index in [1.54, 1.807) is 0 Å². The zero-order valence-electron chi connectivity index (χ0n) is 8.99. The summed E-state index contributed by atoms with van der Waals surface area (Å²) in [4.78, 5) is 0. The van der Waals surface area contributed by atoms with E-state index in [1.165, 1.54) is 0 Å². The molecule has 2 heteroatoms. The molecule has 1 saturated heterocycles. The van der Waals surface area contributed by atoms with Gasteiger partial charge in [0.2, 0.25) is 0 Å². The van der Waals surface area contributed by atoms with Gasteiger partial charge in [0.1, 0.15) is 0 Å². The van der Waals surface area contributed by atoms with Crippen molar-refractivity contribution < 1.29 is 9.84 Å². The number of hydrogen-bond acceptors (Lipinski definition) is 2. The van der Waals surface area contributed by atoms with Crippen LogP contribution in [-0.4, -0.2) is 23.4 Å². The third-order valence-electron chi connectivity index (χ3n) is 3.03. The second-order valence-corrected chi connectivity index (χ2v) is 4.38. The first-order chi connectivity index (χ1) is 6.13. The highest BCUT2D eigenvalue weighted by Crippen LogP contribution is 2.25. The van der Waals surface area contributed by atoms with Gasteiger partial charge in [0, 0.05) is 0 Å². The molecule has 0 radical (unpaired) electrons. The Balaban J connectivity index is 2.27. The fourth-order valence-electron chi connectivity index (χ4n) is 1.85. The Morgan fingerprint density at radius 2 is 2.15 bits per heavy atom. The van der Waals surface area contributed by atoms with Crippen LogP contribution in [0.4, 0.5) is 0 Å². The van der Waals surface area contributed by atoms with Crippen LogP contribution in [0.5, 0.6) is 0 Å². The van der Waals surface area contributed by atoms with E-state index in [4.69, 9.17) is 4.74 Å². The normalized spacial score (nSPS) is 33.2. The number of aliphatic hydroxyl groups excluding tert-OH is 1. The predicted molar refractivity (Wildman–Crippen MR) is 53.6 cm³/mol. The summed E-state index contributed by atoms with van der Waals surface area (Å²) >= 11 is 0. The Morgan fingerprint density at radius 3 is 2.62 bits per heavy atom. The standard InChI is InChI=1S/C11H22O2/c1-4-8(2)7-10(12)11-6-5-9(3)13-11/h8-12H,4-7H2,1-3H3. The van der Waals surface area contributed by atoms with Gasteiger partial charge in [-0.25, -0.2) is 0 Å². The first-order valence-corrected chi connectivity index (χ1v) is 5.47. The molecule has 4 unspecified atom stereocenters.